The number of rotatable bonds is 4. The summed E-state index contributed by atoms with van der Waals surface area (Å²) in [6, 6.07) is 4.80. The van der Waals surface area contributed by atoms with Crippen LogP contribution in [0.3, 0.4) is 0 Å². The van der Waals surface area contributed by atoms with Gasteiger partial charge in [0.05, 0.1) is 18.7 Å². The molecule has 1 aromatic rings. The first kappa shape index (κ1) is 12.3. The van der Waals surface area contributed by atoms with E-state index in [2.05, 4.69) is 9.32 Å². The molecule has 0 bridgehead atoms. The topological polar surface area (TPSA) is 78.6 Å². The second kappa shape index (κ2) is 4.80. The van der Waals surface area contributed by atoms with Crippen molar-refractivity contribution < 1.29 is 17.3 Å². The molecule has 2 N–H and O–H groups in total. The Bertz CT molecular complexity index is 446. The molecule has 5 nitrogen and oxygen atoms in total. The number of ether oxygens (including phenoxy) is 1. The van der Waals surface area contributed by atoms with Crippen LogP contribution in [0.25, 0.3) is 0 Å². The van der Waals surface area contributed by atoms with Crippen LogP contribution < -0.4 is 9.88 Å². The molecule has 0 aliphatic rings. The normalized spacial score (nSPS) is 11.4. The van der Waals surface area contributed by atoms with Crippen LogP contribution in [0.4, 0.5) is 0 Å². The van der Waals surface area contributed by atoms with E-state index in [1.54, 1.807) is 18.2 Å². The third-order valence-corrected chi connectivity index (χ3v) is 2.35. The Balaban J connectivity index is 2.76. The van der Waals surface area contributed by atoms with Crippen LogP contribution in [0.1, 0.15) is 5.56 Å². The van der Waals surface area contributed by atoms with E-state index < -0.39 is 10.3 Å². The predicted octanol–water partition coefficient (Wildman–Crippen LogP) is 1.07. The Kier molecular flexibility index (Phi) is 3.92. The van der Waals surface area contributed by atoms with Gasteiger partial charge in [-0.05, 0) is 17.7 Å². The lowest BCUT2D eigenvalue weighted by molar-refractivity contribution is 0.308. The van der Waals surface area contributed by atoms with E-state index in [0.29, 0.717) is 16.3 Å². The quantitative estimate of drug-likeness (QED) is 0.868. The Morgan fingerprint density at radius 3 is 2.60 bits per heavy atom. The molecule has 0 unspecified atom stereocenters. The minimum Gasteiger partial charge on any atom is -0.495 e. The molecule has 0 aliphatic carbocycles. The zero-order chi connectivity index (χ0) is 11.5. The summed E-state index contributed by atoms with van der Waals surface area (Å²) in [5.41, 5.74) is 0.592. The summed E-state index contributed by atoms with van der Waals surface area (Å²) in [4.78, 5) is 0. The zero-order valence-electron chi connectivity index (χ0n) is 7.94. The van der Waals surface area contributed by atoms with Crippen molar-refractivity contribution in [1.29, 1.82) is 0 Å². The van der Waals surface area contributed by atoms with Gasteiger partial charge in [0.15, 0.2) is 0 Å². The third kappa shape index (κ3) is 4.05. The van der Waals surface area contributed by atoms with E-state index in [4.69, 9.17) is 16.3 Å². The van der Waals surface area contributed by atoms with Gasteiger partial charge >= 0.3 is 10.3 Å². The maximum Gasteiger partial charge on any atom is 0.333 e. The summed E-state index contributed by atoms with van der Waals surface area (Å²) in [5.74, 6) is 0.510. The monoisotopic (exact) mass is 251 g/mol. The van der Waals surface area contributed by atoms with Crippen molar-refractivity contribution in [2.45, 2.75) is 6.61 Å². The number of methoxy groups -OCH3 is 1. The van der Waals surface area contributed by atoms with Gasteiger partial charge in [0.25, 0.3) is 0 Å². The fourth-order valence-corrected chi connectivity index (χ4v) is 1.53. The highest BCUT2D eigenvalue weighted by atomic mass is 35.5. The summed E-state index contributed by atoms with van der Waals surface area (Å²) in [5, 5.41) is 5.05. The summed E-state index contributed by atoms with van der Waals surface area (Å²) >= 11 is 5.82. The van der Waals surface area contributed by atoms with Gasteiger partial charge < -0.3 is 4.74 Å². The van der Waals surface area contributed by atoms with Crippen LogP contribution >= 0.6 is 11.6 Å². The summed E-state index contributed by atoms with van der Waals surface area (Å²) < 4.78 is 30.3. The molecule has 0 atom stereocenters. The van der Waals surface area contributed by atoms with Gasteiger partial charge in [-0.3, -0.25) is 4.18 Å². The number of nitrogens with two attached hydrogens (primary N) is 1. The lowest BCUT2D eigenvalue weighted by atomic mass is 10.2. The van der Waals surface area contributed by atoms with Crippen molar-refractivity contribution in [2.24, 2.45) is 5.14 Å². The number of benzene rings is 1. The average molecular weight is 252 g/mol. The molecule has 0 saturated heterocycles. The third-order valence-electron chi connectivity index (χ3n) is 1.61. The zero-order valence-corrected chi connectivity index (χ0v) is 9.51. The summed E-state index contributed by atoms with van der Waals surface area (Å²) in [6.07, 6.45) is 0. The molecule has 7 heteroatoms. The van der Waals surface area contributed by atoms with E-state index in [9.17, 15) is 8.42 Å². The second-order valence-electron chi connectivity index (χ2n) is 2.72. The van der Waals surface area contributed by atoms with Gasteiger partial charge in [-0.25, -0.2) is 5.14 Å². The molecule has 15 heavy (non-hydrogen) atoms. The maximum absolute atomic E-state index is 10.5. The molecule has 0 saturated carbocycles. The minimum absolute atomic E-state index is 0.150. The van der Waals surface area contributed by atoms with Gasteiger partial charge in [0.2, 0.25) is 0 Å². The fraction of sp³-hybridized carbons (Fsp3) is 0.250. The highest BCUT2D eigenvalue weighted by Crippen LogP contribution is 2.25. The number of halogens is 1. The average Bonchev–Trinajstić information content (AvgIpc) is 2.14. The number of hydrogen-bond donors (Lipinski definition) is 1. The highest BCUT2D eigenvalue weighted by Gasteiger charge is 2.05. The lowest BCUT2D eigenvalue weighted by Crippen LogP contribution is -2.15. The Hall–Kier alpha value is -0.820. The molecule has 0 heterocycles. The van der Waals surface area contributed by atoms with Crippen molar-refractivity contribution >= 4 is 21.9 Å². The van der Waals surface area contributed by atoms with Crippen LogP contribution in [-0.4, -0.2) is 15.5 Å². The van der Waals surface area contributed by atoms with E-state index in [1.807, 2.05) is 0 Å². The summed E-state index contributed by atoms with van der Waals surface area (Å²) in [7, 11) is -2.44. The molecule has 0 amide bonds. The first-order chi connectivity index (χ1) is 6.92. The van der Waals surface area contributed by atoms with Gasteiger partial charge in [0, 0.05) is 0 Å². The Labute approximate surface area is 93.0 Å². The van der Waals surface area contributed by atoms with Crippen LogP contribution in [0.5, 0.6) is 5.75 Å². The van der Waals surface area contributed by atoms with Crippen molar-refractivity contribution in [3.63, 3.8) is 0 Å². The van der Waals surface area contributed by atoms with Crippen molar-refractivity contribution in [3.8, 4) is 5.75 Å². The van der Waals surface area contributed by atoms with Gasteiger partial charge in [-0.2, -0.15) is 8.42 Å². The highest BCUT2D eigenvalue weighted by molar-refractivity contribution is 7.84. The van der Waals surface area contributed by atoms with Crippen LogP contribution in [0.15, 0.2) is 18.2 Å². The van der Waals surface area contributed by atoms with E-state index in [-0.39, 0.29) is 6.61 Å². The van der Waals surface area contributed by atoms with Crippen LogP contribution in [0, 0.1) is 0 Å². The SMILES string of the molecule is COc1ccc(COS(N)(=O)=O)cc1Cl. The molecule has 1 aromatic carbocycles. The second-order valence-corrected chi connectivity index (χ2v) is 4.35. The molecule has 0 radical (unpaired) electrons. The molecule has 0 aliphatic heterocycles. The standard InChI is InChI=1S/C8H10ClNO4S/c1-13-8-3-2-6(4-7(8)9)5-14-15(10,11)12/h2-4H,5H2,1H3,(H2,10,11,12). The Morgan fingerprint density at radius 1 is 1.47 bits per heavy atom. The van der Waals surface area contributed by atoms with Crippen LogP contribution in [-0.2, 0) is 21.1 Å². The maximum atomic E-state index is 10.5. The van der Waals surface area contributed by atoms with Gasteiger partial charge in [0.1, 0.15) is 5.75 Å². The predicted molar refractivity (Wildman–Crippen MR) is 55.9 cm³/mol. The molecule has 1 rings (SSSR count). The van der Waals surface area contributed by atoms with E-state index in [1.165, 1.54) is 7.11 Å². The van der Waals surface area contributed by atoms with Crippen molar-refractivity contribution in [2.75, 3.05) is 7.11 Å². The first-order valence-corrected chi connectivity index (χ1v) is 5.77. The molecule has 0 fully saturated rings. The largest absolute Gasteiger partial charge is 0.495 e. The van der Waals surface area contributed by atoms with Crippen LogP contribution in [0.2, 0.25) is 5.02 Å². The van der Waals surface area contributed by atoms with Gasteiger partial charge in [-0.15, -0.1) is 0 Å². The van der Waals surface area contributed by atoms with Crippen molar-refractivity contribution in [1.82, 2.24) is 0 Å². The van der Waals surface area contributed by atoms with Crippen molar-refractivity contribution in [3.05, 3.63) is 28.8 Å². The van der Waals surface area contributed by atoms with E-state index >= 15 is 0 Å². The van der Waals surface area contributed by atoms with Gasteiger partial charge in [-0.1, -0.05) is 17.7 Å². The first-order valence-electron chi connectivity index (χ1n) is 3.92. The molecular weight excluding hydrogens is 242 g/mol. The molecule has 84 valence electrons. The molecule has 0 spiro atoms. The van der Waals surface area contributed by atoms with E-state index in [0.717, 1.165) is 0 Å². The molecule has 0 aromatic heterocycles. The Morgan fingerprint density at radius 2 is 2.13 bits per heavy atom. The smallest absolute Gasteiger partial charge is 0.333 e. The minimum atomic E-state index is -3.93. The molecular formula is C8H10ClNO4S. The lowest BCUT2D eigenvalue weighted by Gasteiger charge is -2.05. The number of hydrogen-bond acceptors (Lipinski definition) is 4. The fourth-order valence-electron chi connectivity index (χ4n) is 0.950. The summed E-state index contributed by atoms with van der Waals surface area (Å²) in [6.45, 7) is -0.150.